The Kier molecular flexibility index (Phi) is 6.00. The molecule has 130 valence electrons. The number of benzene rings is 1. The van der Waals surface area contributed by atoms with Gasteiger partial charge in [0.05, 0.1) is 21.3 Å². The van der Waals surface area contributed by atoms with E-state index in [0.29, 0.717) is 11.2 Å². The summed E-state index contributed by atoms with van der Waals surface area (Å²) in [7, 11) is 5.02. The number of rotatable bonds is 5. The first kappa shape index (κ1) is 18.2. The van der Waals surface area contributed by atoms with E-state index in [1.807, 2.05) is 12.1 Å². The second-order valence-electron chi connectivity index (χ2n) is 6.41. The van der Waals surface area contributed by atoms with Crippen LogP contribution in [0.25, 0.3) is 0 Å². The van der Waals surface area contributed by atoms with Gasteiger partial charge in [0, 0.05) is 31.3 Å². The van der Waals surface area contributed by atoms with Crippen molar-refractivity contribution < 1.29 is 14.2 Å². The van der Waals surface area contributed by atoms with Crippen LogP contribution in [0.2, 0.25) is 0 Å². The van der Waals surface area contributed by atoms with E-state index in [2.05, 4.69) is 10.2 Å². The summed E-state index contributed by atoms with van der Waals surface area (Å²) >= 11 is 0. The molecule has 0 bridgehead atoms. The minimum absolute atomic E-state index is 0. The maximum Gasteiger partial charge on any atom is 0.164 e. The molecule has 0 amide bonds. The first-order valence-corrected chi connectivity index (χ1v) is 7.92. The summed E-state index contributed by atoms with van der Waals surface area (Å²) in [4.78, 5) is 2.52. The Hall–Kier alpha value is -1.17. The normalized spacial score (nSPS) is 23.8. The van der Waals surface area contributed by atoms with Crippen molar-refractivity contribution in [2.75, 3.05) is 47.5 Å². The molecule has 1 spiro atoms. The van der Waals surface area contributed by atoms with E-state index in [9.17, 15) is 0 Å². The molecule has 0 radical (unpaired) electrons. The molecule has 1 unspecified atom stereocenters. The van der Waals surface area contributed by atoms with Crippen molar-refractivity contribution in [3.05, 3.63) is 17.7 Å². The second kappa shape index (κ2) is 7.60. The summed E-state index contributed by atoms with van der Waals surface area (Å²) < 4.78 is 16.3. The third-order valence-corrected chi connectivity index (χ3v) is 5.03. The number of methoxy groups -OCH3 is 3. The molecule has 2 fully saturated rings. The molecule has 5 nitrogen and oxygen atoms in total. The minimum atomic E-state index is 0. The number of halogens is 1. The van der Waals surface area contributed by atoms with E-state index >= 15 is 0 Å². The summed E-state index contributed by atoms with van der Waals surface area (Å²) in [5.41, 5.74) is 1.65. The molecule has 0 saturated carbocycles. The lowest BCUT2D eigenvalue weighted by molar-refractivity contribution is 0.264. The number of hydrogen-bond acceptors (Lipinski definition) is 5. The van der Waals surface area contributed by atoms with Crippen LogP contribution in [0.15, 0.2) is 12.1 Å². The van der Waals surface area contributed by atoms with Crippen LogP contribution in [-0.2, 0) is 6.54 Å². The molecule has 0 aromatic heterocycles. The Morgan fingerprint density at radius 3 is 2.35 bits per heavy atom. The van der Waals surface area contributed by atoms with Gasteiger partial charge in [-0.3, -0.25) is 4.90 Å². The molecule has 2 aliphatic heterocycles. The molecule has 1 atom stereocenters. The van der Waals surface area contributed by atoms with Crippen molar-refractivity contribution in [2.45, 2.75) is 19.4 Å². The maximum absolute atomic E-state index is 5.54. The Morgan fingerprint density at radius 2 is 1.74 bits per heavy atom. The van der Waals surface area contributed by atoms with Gasteiger partial charge in [-0.1, -0.05) is 0 Å². The number of likely N-dealkylation sites (tertiary alicyclic amines) is 1. The molecule has 1 aromatic carbocycles. The van der Waals surface area contributed by atoms with Crippen LogP contribution >= 0.6 is 12.4 Å². The van der Waals surface area contributed by atoms with Crippen molar-refractivity contribution in [1.29, 1.82) is 0 Å². The van der Waals surface area contributed by atoms with E-state index in [-0.39, 0.29) is 12.4 Å². The SMILES string of the molecule is COc1cc(OC)c(OC)cc1CN1CCC2(CCNC2)C1.Cl. The summed E-state index contributed by atoms with van der Waals surface area (Å²) in [6.07, 6.45) is 2.59. The fourth-order valence-corrected chi connectivity index (χ4v) is 3.76. The highest BCUT2D eigenvalue weighted by Gasteiger charge is 2.40. The fraction of sp³-hybridized carbons (Fsp3) is 0.647. The molecule has 6 heteroatoms. The molecule has 1 aromatic rings. The molecule has 0 aliphatic carbocycles. The van der Waals surface area contributed by atoms with Crippen molar-refractivity contribution >= 4 is 12.4 Å². The van der Waals surface area contributed by atoms with Gasteiger partial charge < -0.3 is 19.5 Å². The van der Waals surface area contributed by atoms with E-state index < -0.39 is 0 Å². The van der Waals surface area contributed by atoms with Crippen molar-refractivity contribution in [2.24, 2.45) is 5.41 Å². The first-order chi connectivity index (χ1) is 10.7. The van der Waals surface area contributed by atoms with Gasteiger partial charge in [-0.2, -0.15) is 0 Å². The average Bonchev–Trinajstić information content (AvgIpc) is 3.17. The zero-order valence-electron chi connectivity index (χ0n) is 14.2. The highest BCUT2D eigenvalue weighted by Crippen LogP contribution is 2.39. The van der Waals surface area contributed by atoms with Crippen LogP contribution in [-0.4, -0.2) is 52.4 Å². The summed E-state index contributed by atoms with van der Waals surface area (Å²) in [5, 5.41) is 3.51. The van der Waals surface area contributed by atoms with Crippen LogP contribution in [0.5, 0.6) is 17.2 Å². The van der Waals surface area contributed by atoms with Crippen LogP contribution < -0.4 is 19.5 Å². The Balaban J connectivity index is 0.00000192. The predicted octanol–water partition coefficient (Wildman–Crippen LogP) is 2.32. The summed E-state index contributed by atoms with van der Waals surface area (Å²) in [6, 6.07) is 3.95. The third kappa shape index (κ3) is 3.67. The molecule has 1 N–H and O–H groups in total. The van der Waals surface area contributed by atoms with Gasteiger partial charge in [0.1, 0.15) is 5.75 Å². The van der Waals surface area contributed by atoms with Crippen molar-refractivity contribution in [3.63, 3.8) is 0 Å². The third-order valence-electron chi connectivity index (χ3n) is 5.03. The molecule has 2 heterocycles. The van der Waals surface area contributed by atoms with Crippen LogP contribution in [0.1, 0.15) is 18.4 Å². The minimum Gasteiger partial charge on any atom is -0.496 e. The van der Waals surface area contributed by atoms with Gasteiger partial charge in [-0.15, -0.1) is 12.4 Å². The number of nitrogens with one attached hydrogen (secondary N) is 1. The van der Waals surface area contributed by atoms with Crippen LogP contribution in [0.4, 0.5) is 0 Å². The van der Waals surface area contributed by atoms with E-state index in [1.165, 1.54) is 12.8 Å². The lowest BCUT2D eigenvalue weighted by Crippen LogP contribution is -2.29. The summed E-state index contributed by atoms with van der Waals surface area (Å²) in [5.74, 6) is 2.33. The van der Waals surface area contributed by atoms with Gasteiger partial charge >= 0.3 is 0 Å². The Labute approximate surface area is 144 Å². The molecule has 2 saturated heterocycles. The second-order valence-corrected chi connectivity index (χ2v) is 6.41. The molecular formula is C17H27ClN2O3. The molecule has 23 heavy (non-hydrogen) atoms. The molecule has 2 aliphatic rings. The lowest BCUT2D eigenvalue weighted by atomic mass is 9.86. The van der Waals surface area contributed by atoms with E-state index in [1.54, 1.807) is 21.3 Å². The number of ether oxygens (including phenoxy) is 3. The molecule has 3 rings (SSSR count). The lowest BCUT2D eigenvalue weighted by Gasteiger charge is -2.23. The van der Waals surface area contributed by atoms with Crippen molar-refractivity contribution in [3.8, 4) is 17.2 Å². The van der Waals surface area contributed by atoms with Gasteiger partial charge in [-0.25, -0.2) is 0 Å². The highest BCUT2D eigenvalue weighted by molar-refractivity contribution is 5.85. The van der Waals surface area contributed by atoms with Crippen LogP contribution in [0.3, 0.4) is 0 Å². The quantitative estimate of drug-likeness (QED) is 0.889. The molecular weight excluding hydrogens is 316 g/mol. The monoisotopic (exact) mass is 342 g/mol. The topological polar surface area (TPSA) is 43.0 Å². The Morgan fingerprint density at radius 1 is 1.04 bits per heavy atom. The van der Waals surface area contributed by atoms with Gasteiger partial charge in [0.15, 0.2) is 11.5 Å². The van der Waals surface area contributed by atoms with Gasteiger partial charge in [0.25, 0.3) is 0 Å². The maximum atomic E-state index is 5.54. The standard InChI is InChI=1S/C17H26N2O3.ClH/c1-20-14-9-16(22-3)15(21-2)8-13(14)10-19-7-5-17(12-19)4-6-18-11-17;/h8-9,18H,4-7,10-12H2,1-3H3;1H. The Bertz CT molecular complexity index is 533. The number of hydrogen-bond donors (Lipinski definition) is 1. The van der Waals surface area contributed by atoms with Crippen molar-refractivity contribution in [1.82, 2.24) is 10.2 Å². The summed E-state index contributed by atoms with van der Waals surface area (Å²) in [6.45, 7) is 5.53. The number of nitrogens with zero attached hydrogens (tertiary/aromatic N) is 1. The fourth-order valence-electron chi connectivity index (χ4n) is 3.76. The van der Waals surface area contributed by atoms with Gasteiger partial charge in [-0.05, 0) is 37.4 Å². The van der Waals surface area contributed by atoms with E-state index in [4.69, 9.17) is 14.2 Å². The zero-order chi connectivity index (χ0) is 15.6. The van der Waals surface area contributed by atoms with Crippen LogP contribution in [0, 0.1) is 5.41 Å². The van der Waals surface area contributed by atoms with Gasteiger partial charge in [0.2, 0.25) is 0 Å². The highest BCUT2D eigenvalue weighted by atomic mass is 35.5. The largest absolute Gasteiger partial charge is 0.496 e. The zero-order valence-corrected chi connectivity index (χ0v) is 15.0. The smallest absolute Gasteiger partial charge is 0.164 e. The van der Waals surface area contributed by atoms with E-state index in [0.717, 1.165) is 49.8 Å². The average molecular weight is 343 g/mol. The first-order valence-electron chi connectivity index (χ1n) is 7.92. The predicted molar refractivity (Wildman–Crippen MR) is 93.2 cm³/mol.